The van der Waals surface area contributed by atoms with Gasteiger partial charge in [0.05, 0.1) is 19.8 Å². The highest BCUT2D eigenvalue weighted by Crippen LogP contribution is 2.29. The van der Waals surface area contributed by atoms with Crippen molar-refractivity contribution < 1.29 is 14.6 Å². The summed E-state index contributed by atoms with van der Waals surface area (Å²) in [5.41, 5.74) is 1.11. The minimum Gasteiger partial charge on any atom is -0.493 e. The lowest BCUT2D eigenvalue weighted by Gasteiger charge is -2.20. The average molecular weight is 281 g/mol. The van der Waals surface area contributed by atoms with E-state index in [1.54, 1.807) is 7.11 Å². The van der Waals surface area contributed by atoms with Crippen LogP contribution in [0.2, 0.25) is 0 Å². The minimum atomic E-state index is 0.104. The van der Waals surface area contributed by atoms with Gasteiger partial charge in [-0.15, -0.1) is 0 Å². The molecule has 0 saturated heterocycles. The SMILES string of the molecule is COc1cc(CNC(CO)C(C)C)ccc1OC(C)C. The Bertz CT molecular complexity index is 405. The summed E-state index contributed by atoms with van der Waals surface area (Å²) in [6.45, 7) is 9.00. The van der Waals surface area contributed by atoms with E-state index in [1.807, 2.05) is 32.0 Å². The van der Waals surface area contributed by atoms with E-state index in [9.17, 15) is 5.11 Å². The largest absolute Gasteiger partial charge is 0.493 e. The quantitative estimate of drug-likeness (QED) is 0.769. The lowest BCUT2D eigenvalue weighted by molar-refractivity contribution is 0.210. The van der Waals surface area contributed by atoms with Crippen LogP contribution in [-0.2, 0) is 6.54 Å². The van der Waals surface area contributed by atoms with Gasteiger partial charge in [-0.1, -0.05) is 19.9 Å². The lowest BCUT2D eigenvalue weighted by Crippen LogP contribution is -2.36. The van der Waals surface area contributed by atoms with E-state index in [-0.39, 0.29) is 18.8 Å². The van der Waals surface area contributed by atoms with Gasteiger partial charge >= 0.3 is 0 Å². The van der Waals surface area contributed by atoms with Crippen molar-refractivity contribution in [1.29, 1.82) is 0 Å². The van der Waals surface area contributed by atoms with Crippen LogP contribution < -0.4 is 14.8 Å². The Kier molecular flexibility index (Phi) is 6.82. The Morgan fingerprint density at radius 1 is 1.15 bits per heavy atom. The number of aliphatic hydroxyl groups is 1. The molecule has 4 nitrogen and oxygen atoms in total. The zero-order chi connectivity index (χ0) is 15.1. The number of ether oxygens (including phenoxy) is 2. The highest BCUT2D eigenvalue weighted by atomic mass is 16.5. The maximum atomic E-state index is 9.31. The van der Waals surface area contributed by atoms with Gasteiger partial charge in [-0.05, 0) is 37.5 Å². The summed E-state index contributed by atoms with van der Waals surface area (Å²) in [6.07, 6.45) is 0.118. The zero-order valence-electron chi connectivity index (χ0n) is 13.1. The van der Waals surface area contributed by atoms with Gasteiger partial charge in [0.25, 0.3) is 0 Å². The second-order valence-electron chi connectivity index (χ2n) is 5.57. The maximum absolute atomic E-state index is 9.31. The van der Waals surface area contributed by atoms with E-state index in [0.29, 0.717) is 12.5 Å². The second-order valence-corrected chi connectivity index (χ2v) is 5.57. The first-order valence-corrected chi connectivity index (χ1v) is 7.15. The Morgan fingerprint density at radius 3 is 2.35 bits per heavy atom. The Labute approximate surface area is 122 Å². The van der Waals surface area contributed by atoms with E-state index < -0.39 is 0 Å². The standard InChI is InChI=1S/C16H27NO3/c1-11(2)14(10-18)17-9-13-6-7-15(20-12(3)4)16(8-13)19-5/h6-8,11-12,14,17-18H,9-10H2,1-5H3. The van der Waals surface area contributed by atoms with Gasteiger partial charge in [0.1, 0.15) is 0 Å². The molecule has 0 aliphatic heterocycles. The van der Waals surface area contributed by atoms with Crippen LogP contribution in [0.15, 0.2) is 18.2 Å². The monoisotopic (exact) mass is 281 g/mol. The van der Waals surface area contributed by atoms with Crippen LogP contribution in [-0.4, -0.2) is 31.0 Å². The summed E-state index contributed by atoms with van der Waals surface area (Å²) in [5, 5.41) is 12.7. The van der Waals surface area contributed by atoms with Gasteiger partial charge in [-0.25, -0.2) is 0 Å². The van der Waals surface area contributed by atoms with Crippen LogP contribution in [0.1, 0.15) is 33.3 Å². The number of hydrogen-bond acceptors (Lipinski definition) is 4. The number of methoxy groups -OCH3 is 1. The minimum absolute atomic E-state index is 0.104. The molecule has 20 heavy (non-hydrogen) atoms. The third-order valence-corrected chi connectivity index (χ3v) is 3.16. The summed E-state index contributed by atoms with van der Waals surface area (Å²) in [4.78, 5) is 0. The fraction of sp³-hybridized carbons (Fsp3) is 0.625. The maximum Gasteiger partial charge on any atom is 0.161 e. The van der Waals surface area contributed by atoms with Crippen molar-refractivity contribution in [2.45, 2.75) is 46.4 Å². The van der Waals surface area contributed by atoms with E-state index in [1.165, 1.54) is 0 Å². The Morgan fingerprint density at radius 2 is 1.85 bits per heavy atom. The molecule has 114 valence electrons. The van der Waals surface area contributed by atoms with Crippen LogP contribution in [0.25, 0.3) is 0 Å². The third kappa shape index (κ3) is 5.02. The second kappa shape index (κ2) is 8.12. The third-order valence-electron chi connectivity index (χ3n) is 3.16. The summed E-state index contributed by atoms with van der Waals surface area (Å²) in [5.74, 6) is 1.89. The topological polar surface area (TPSA) is 50.7 Å². The van der Waals surface area contributed by atoms with E-state index in [2.05, 4.69) is 19.2 Å². The molecule has 1 aromatic carbocycles. The first kappa shape index (κ1) is 16.8. The molecule has 1 rings (SSSR count). The smallest absolute Gasteiger partial charge is 0.161 e. The number of aliphatic hydroxyl groups excluding tert-OH is 1. The predicted molar refractivity (Wildman–Crippen MR) is 81.3 cm³/mol. The van der Waals surface area contributed by atoms with Gasteiger partial charge in [-0.2, -0.15) is 0 Å². The average Bonchev–Trinajstić information content (AvgIpc) is 2.39. The van der Waals surface area contributed by atoms with Crippen molar-refractivity contribution in [2.75, 3.05) is 13.7 Å². The molecule has 0 saturated carbocycles. The summed E-state index contributed by atoms with van der Waals surface area (Å²) in [6, 6.07) is 6.02. The lowest BCUT2D eigenvalue weighted by atomic mass is 10.0. The van der Waals surface area contributed by atoms with Crippen molar-refractivity contribution in [3.63, 3.8) is 0 Å². The number of benzene rings is 1. The molecule has 1 unspecified atom stereocenters. The Hall–Kier alpha value is -1.26. The highest BCUT2D eigenvalue weighted by Gasteiger charge is 2.12. The van der Waals surface area contributed by atoms with Crippen molar-refractivity contribution in [1.82, 2.24) is 5.32 Å². The van der Waals surface area contributed by atoms with Crippen molar-refractivity contribution >= 4 is 0 Å². The molecule has 2 N–H and O–H groups in total. The van der Waals surface area contributed by atoms with Gasteiger partial charge in [-0.3, -0.25) is 0 Å². The van der Waals surface area contributed by atoms with Crippen molar-refractivity contribution in [3.05, 3.63) is 23.8 Å². The number of nitrogens with one attached hydrogen (secondary N) is 1. The van der Waals surface area contributed by atoms with Crippen LogP contribution in [0, 0.1) is 5.92 Å². The molecule has 0 radical (unpaired) electrons. The molecule has 0 amide bonds. The fourth-order valence-corrected chi connectivity index (χ4v) is 1.93. The van der Waals surface area contributed by atoms with Gasteiger partial charge in [0, 0.05) is 12.6 Å². The molecule has 0 heterocycles. The number of hydrogen-bond donors (Lipinski definition) is 2. The molecule has 0 aliphatic rings. The van der Waals surface area contributed by atoms with Crippen molar-refractivity contribution in [3.8, 4) is 11.5 Å². The molecule has 1 aromatic rings. The normalized spacial score (nSPS) is 12.8. The first-order chi connectivity index (χ1) is 9.47. The van der Waals surface area contributed by atoms with E-state index in [0.717, 1.165) is 17.1 Å². The Balaban J connectivity index is 2.72. The molecule has 0 bridgehead atoms. The summed E-state index contributed by atoms with van der Waals surface area (Å²) >= 11 is 0. The fourth-order valence-electron chi connectivity index (χ4n) is 1.93. The summed E-state index contributed by atoms with van der Waals surface area (Å²) in [7, 11) is 1.64. The van der Waals surface area contributed by atoms with Crippen molar-refractivity contribution in [2.24, 2.45) is 5.92 Å². The first-order valence-electron chi connectivity index (χ1n) is 7.15. The molecule has 0 spiro atoms. The molecule has 1 atom stereocenters. The van der Waals surface area contributed by atoms with Gasteiger partial charge in [0.2, 0.25) is 0 Å². The van der Waals surface area contributed by atoms with E-state index >= 15 is 0 Å². The van der Waals surface area contributed by atoms with E-state index in [4.69, 9.17) is 9.47 Å². The molecular formula is C16H27NO3. The molecule has 0 aromatic heterocycles. The molecule has 0 fully saturated rings. The predicted octanol–water partition coefficient (Wildman–Crippen LogP) is 2.59. The van der Waals surface area contributed by atoms with Crippen LogP contribution >= 0.6 is 0 Å². The number of rotatable bonds is 8. The zero-order valence-corrected chi connectivity index (χ0v) is 13.1. The van der Waals surface area contributed by atoms with Crippen LogP contribution in [0.3, 0.4) is 0 Å². The van der Waals surface area contributed by atoms with Gasteiger partial charge in [0.15, 0.2) is 11.5 Å². The molecule has 0 aliphatic carbocycles. The van der Waals surface area contributed by atoms with Crippen LogP contribution in [0.4, 0.5) is 0 Å². The van der Waals surface area contributed by atoms with Crippen LogP contribution in [0.5, 0.6) is 11.5 Å². The van der Waals surface area contributed by atoms with Gasteiger partial charge < -0.3 is 19.9 Å². The molecular weight excluding hydrogens is 254 g/mol. The highest BCUT2D eigenvalue weighted by molar-refractivity contribution is 5.43. The summed E-state index contributed by atoms with van der Waals surface area (Å²) < 4.78 is 11.1. The molecule has 4 heteroatoms.